The Morgan fingerprint density at radius 2 is 2.00 bits per heavy atom. The maximum absolute atomic E-state index is 11.4. The van der Waals surface area contributed by atoms with Crippen LogP contribution in [0.3, 0.4) is 0 Å². The highest BCUT2D eigenvalue weighted by atomic mass is 79.9. The van der Waals surface area contributed by atoms with Gasteiger partial charge in [0.2, 0.25) is 5.43 Å². The molecule has 1 aromatic rings. The van der Waals surface area contributed by atoms with Crippen molar-refractivity contribution >= 4 is 21.6 Å². The molecule has 0 amide bonds. The third kappa shape index (κ3) is 3.19. The molecule has 0 atom stereocenters. The fourth-order valence-corrected chi connectivity index (χ4v) is 1.22. The van der Waals surface area contributed by atoms with Gasteiger partial charge in [-0.2, -0.15) is 0 Å². The number of hydrogen-bond acceptors (Lipinski definition) is 2. The molecular formula is C10H12BrNO. The van der Waals surface area contributed by atoms with Gasteiger partial charge in [-0.25, -0.2) is 0 Å². The van der Waals surface area contributed by atoms with Crippen LogP contribution in [0.25, 0.3) is 0 Å². The van der Waals surface area contributed by atoms with E-state index in [0.717, 1.165) is 17.4 Å². The second-order valence-corrected chi connectivity index (χ2v) is 3.67. The van der Waals surface area contributed by atoms with Crippen molar-refractivity contribution in [3.05, 3.63) is 39.0 Å². The third-order valence-corrected chi connectivity index (χ3v) is 2.16. The molecule has 0 unspecified atom stereocenters. The molecule has 1 aromatic carbocycles. The lowest BCUT2D eigenvalue weighted by atomic mass is 10.4. The number of hydrogen-bond donors (Lipinski definition) is 1. The first-order valence-electron chi connectivity index (χ1n) is 4.28. The van der Waals surface area contributed by atoms with Gasteiger partial charge in [0, 0.05) is 11.0 Å². The summed E-state index contributed by atoms with van der Waals surface area (Å²) in [6.45, 7) is 2.90. The molecule has 1 rings (SSSR count). The summed E-state index contributed by atoms with van der Waals surface area (Å²) in [6.07, 6.45) is 1.01. The van der Waals surface area contributed by atoms with Crippen LogP contribution in [0.2, 0.25) is 0 Å². The predicted molar refractivity (Wildman–Crippen MR) is 59.2 cm³/mol. The molecule has 0 radical (unpaired) electrons. The minimum absolute atomic E-state index is 0.0270. The summed E-state index contributed by atoms with van der Waals surface area (Å²) in [5, 5.41) is 3.08. The van der Waals surface area contributed by atoms with E-state index in [2.05, 4.69) is 28.2 Å². The molecule has 3 heteroatoms. The predicted octanol–water partition coefficient (Wildman–Crippen LogP) is 2.63. The van der Waals surface area contributed by atoms with Gasteiger partial charge in [-0.05, 0) is 30.7 Å². The Hall–Kier alpha value is -0.830. The van der Waals surface area contributed by atoms with Crippen LogP contribution in [0.4, 0.5) is 5.69 Å². The third-order valence-electron chi connectivity index (χ3n) is 1.63. The number of rotatable bonds is 3. The largest absolute Gasteiger partial charge is 0.382 e. The molecule has 2 nitrogen and oxygen atoms in total. The van der Waals surface area contributed by atoms with Crippen molar-refractivity contribution in [2.75, 3.05) is 11.9 Å². The van der Waals surface area contributed by atoms with Gasteiger partial charge in [0.25, 0.3) is 0 Å². The smallest absolute Gasteiger partial charge is 0.201 e. The van der Waals surface area contributed by atoms with Crippen LogP contribution in [-0.2, 0) is 0 Å². The Bertz CT molecular complexity index is 338. The molecule has 0 fully saturated rings. The van der Waals surface area contributed by atoms with Crippen LogP contribution >= 0.6 is 15.9 Å². The SMILES string of the molecule is CCCNc1ccc(Br)ccc1=O. The minimum atomic E-state index is 0.0270. The molecule has 0 aliphatic carbocycles. The molecule has 0 spiro atoms. The van der Waals surface area contributed by atoms with Crippen LogP contribution in [-0.4, -0.2) is 6.54 Å². The van der Waals surface area contributed by atoms with Crippen molar-refractivity contribution in [3.8, 4) is 0 Å². The van der Waals surface area contributed by atoms with E-state index in [1.54, 1.807) is 18.2 Å². The molecule has 0 aliphatic rings. The maximum Gasteiger partial charge on any atom is 0.201 e. The fraction of sp³-hybridized carbons (Fsp3) is 0.300. The van der Waals surface area contributed by atoms with Crippen molar-refractivity contribution in [3.63, 3.8) is 0 Å². The lowest BCUT2D eigenvalue weighted by molar-refractivity contribution is 0.978. The standard InChI is InChI=1S/C10H12BrNO/c1-2-7-12-9-5-3-8(11)4-6-10(9)13/h3-6H,2,7H2,1H3,(H,12,13). The van der Waals surface area contributed by atoms with Gasteiger partial charge >= 0.3 is 0 Å². The van der Waals surface area contributed by atoms with Crippen LogP contribution in [0.1, 0.15) is 13.3 Å². The summed E-state index contributed by atoms with van der Waals surface area (Å²) in [6, 6.07) is 6.96. The van der Waals surface area contributed by atoms with Crippen LogP contribution in [0, 0.1) is 0 Å². The zero-order valence-electron chi connectivity index (χ0n) is 7.51. The molecule has 0 saturated heterocycles. The van der Waals surface area contributed by atoms with E-state index >= 15 is 0 Å². The summed E-state index contributed by atoms with van der Waals surface area (Å²) < 4.78 is 0.911. The van der Waals surface area contributed by atoms with Crippen molar-refractivity contribution < 1.29 is 0 Å². The Morgan fingerprint density at radius 1 is 1.31 bits per heavy atom. The van der Waals surface area contributed by atoms with Crippen molar-refractivity contribution in [2.24, 2.45) is 0 Å². The molecule has 0 aliphatic heterocycles. The summed E-state index contributed by atoms with van der Waals surface area (Å²) in [7, 11) is 0. The van der Waals surface area contributed by atoms with E-state index in [1.807, 2.05) is 6.07 Å². The maximum atomic E-state index is 11.4. The quantitative estimate of drug-likeness (QED) is 0.882. The second kappa shape index (κ2) is 5.02. The molecule has 1 N–H and O–H groups in total. The van der Waals surface area contributed by atoms with E-state index in [0.29, 0.717) is 5.69 Å². The Labute approximate surface area is 86.1 Å². The number of nitrogens with one attached hydrogen (secondary N) is 1. The normalized spacial score (nSPS) is 9.69. The topological polar surface area (TPSA) is 29.1 Å². The Balaban J connectivity index is 2.95. The van der Waals surface area contributed by atoms with Gasteiger partial charge in [0.1, 0.15) is 0 Å². The van der Waals surface area contributed by atoms with Gasteiger partial charge in [-0.1, -0.05) is 22.9 Å². The molecule has 0 bridgehead atoms. The zero-order valence-corrected chi connectivity index (χ0v) is 9.10. The molecule has 0 heterocycles. The molecule has 13 heavy (non-hydrogen) atoms. The van der Waals surface area contributed by atoms with E-state index in [-0.39, 0.29) is 5.43 Å². The molecular weight excluding hydrogens is 230 g/mol. The van der Waals surface area contributed by atoms with Gasteiger partial charge in [0.15, 0.2) is 0 Å². The first-order valence-corrected chi connectivity index (χ1v) is 5.07. The summed E-state index contributed by atoms with van der Waals surface area (Å²) in [5.74, 6) is 0. The Morgan fingerprint density at radius 3 is 2.69 bits per heavy atom. The van der Waals surface area contributed by atoms with Crippen molar-refractivity contribution in [1.82, 2.24) is 0 Å². The lowest BCUT2D eigenvalue weighted by Gasteiger charge is -1.99. The molecule has 70 valence electrons. The monoisotopic (exact) mass is 241 g/mol. The zero-order chi connectivity index (χ0) is 9.68. The summed E-state index contributed by atoms with van der Waals surface area (Å²) in [4.78, 5) is 11.4. The average molecular weight is 242 g/mol. The van der Waals surface area contributed by atoms with Crippen LogP contribution in [0.5, 0.6) is 0 Å². The molecule has 0 saturated carbocycles. The van der Waals surface area contributed by atoms with Crippen molar-refractivity contribution in [2.45, 2.75) is 13.3 Å². The van der Waals surface area contributed by atoms with Gasteiger partial charge in [-0.15, -0.1) is 0 Å². The van der Waals surface area contributed by atoms with Crippen molar-refractivity contribution in [1.29, 1.82) is 0 Å². The number of halogens is 1. The van der Waals surface area contributed by atoms with Crippen LogP contribution < -0.4 is 10.7 Å². The molecule has 0 aromatic heterocycles. The highest BCUT2D eigenvalue weighted by Gasteiger charge is 1.94. The van der Waals surface area contributed by atoms with Crippen LogP contribution in [0.15, 0.2) is 33.5 Å². The fourth-order valence-electron chi connectivity index (χ4n) is 0.951. The summed E-state index contributed by atoms with van der Waals surface area (Å²) >= 11 is 3.31. The average Bonchev–Trinajstić information content (AvgIpc) is 2.28. The highest BCUT2D eigenvalue weighted by molar-refractivity contribution is 9.10. The minimum Gasteiger partial charge on any atom is -0.382 e. The first-order chi connectivity index (χ1) is 6.24. The second-order valence-electron chi connectivity index (χ2n) is 2.76. The van der Waals surface area contributed by atoms with E-state index in [1.165, 1.54) is 0 Å². The highest BCUT2D eigenvalue weighted by Crippen LogP contribution is 2.07. The van der Waals surface area contributed by atoms with Gasteiger partial charge in [0.05, 0.1) is 5.69 Å². The number of anilines is 1. The van der Waals surface area contributed by atoms with E-state index < -0.39 is 0 Å². The Kier molecular flexibility index (Phi) is 3.96. The lowest BCUT2D eigenvalue weighted by Crippen LogP contribution is -2.08. The van der Waals surface area contributed by atoms with E-state index in [9.17, 15) is 4.79 Å². The first kappa shape index (κ1) is 10.3. The van der Waals surface area contributed by atoms with E-state index in [4.69, 9.17) is 0 Å². The summed E-state index contributed by atoms with van der Waals surface area (Å²) in [5.41, 5.74) is 0.687. The van der Waals surface area contributed by atoms with Gasteiger partial charge < -0.3 is 5.32 Å². The van der Waals surface area contributed by atoms with Gasteiger partial charge in [-0.3, -0.25) is 4.79 Å².